The minimum absolute atomic E-state index is 0.0650. The van der Waals surface area contributed by atoms with Crippen LogP contribution >= 0.6 is 15.9 Å². The highest BCUT2D eigenvalue weighted by molar-refractivity contribution is 9.10. The molecule has 1 aromatic carbocycles. The molecule has 0 atom stereocenters. The van der Waals surface area contributed by atoms with E-state index in [2.05, 4.69) is 43.1 Å². The summed E-state index contributed by atoms with van der Waals surface area (Å²) in [6.07, 6.45) is 1.77. The number of phenols is 1. The highest BCUT2D eigenvalue weighted by Gasteiger charge is 2.15. The number of amides is 1. The first-order chi connectivity index (χ1) is 11.5. The Bertz CT molecular complexity index is 728. The molecule has 24 heavy (non-hydrogen) atoms. The van der Waals surface area contributed by atoms with Gasteiger partial charge < -0.3 is 20.2 Å². The van der Waals surface area contributed by atoms with E-state index in [1.807, 2.05) is 6.07 Å². The van der Waals surface area contributed by atoms with Gasteiger partial charge in [-0.15, -0.1) is 0 Å². The summed E-state index contributed by atoms with van der Waals surface area (Å²) in [7, 11) is 2.12. The Morgan fingerprint density at radius 1 is 1.21 bits per heavy atom. The summed E-state index contributed by atoms with van der Waals surface area (Å²) in [6.45, 7) is 3.99. The fourth-order valence-electron chi connectivity index (χ4n) is 2.59. The molecule has 1 aromatic heterocycles. The maximum absolute atomic E-state index is 12.3. The van der Waals surface area contributed by atoms with Gasteiger partial charge in [0.25, 0.3) is 5.91 Å². The number of benzene rings is 1. The van der Waals surface area contributed by atoms with Crippen LogP contribution in [0.5, 0.6) is 5.75 Å². The van der Waals surface area contributed by atoms with Gasteiger partial charge in [0.2, 0.25) is 0 Å². The van der Waals surface area contributed by atoms with Crippen LogP contribution in [0.3, 0.4) is 0 Å². The van der Waals surface area contributed by atoms with Crippen molar-refractivity contribution in [3.63, 3.8) is 0 Å². The molecule has 1 fully saturated rings. The Kier molecular flexibility index (Phi) is 5.01. The first-order valence-corrected chi connectivity index (χ1v) is 8.51. The molecular weight excluding hydrogens is 372 g/mol. The van der Waals surface area contributed by atoms with Gasteiger partial charge in [-0.1, -0.05) is 15.9 Å². The number of nitrogens with one attached hydrogen (secondary N) is 1. The van der Waals surface area contributed by atoms with Crippen LogP contribution in [0.4, 0.5) is 11.5 Å². The fraction of sp³-hybridized carbons (Fsp3) is 0.294. The maximum Gasteiger partial charge on any atom is 0.260 e. The van der Waals surface area contributed by atoms with Gasteiger partial charge in [0.15, 0.2) is 0 Å². The smallest absolute Gasteiger partial charge is 0.260 e. The fourth-order valence-corrected chi connectivity index (χ4v) is 2.95. The molecule has 1 amide bonds. The van der Waals surface area contributed by atoms with Gasteiger partial charge in [-0.25, -0.2) is 4.98 Å². The average molecular weight is 391 g/mol. The SMILES string of the molecule is CN1CCN(c2ccc(NC(=O)c3cc(Br)ccc3O)nc2)CC1. The van der Waals surface area contributed by atoms with E-state index in [0.29, 0.717) is 5.82 Å². The van der Waals surface area contributed by atoms with Crippen molar-refractivity contribution in [1.29, 1.82) is 0 Å². The van der Waals surface area contributed by atoms with E-state index in [4.69, 9.17) is 0 Å². The number of carbonyl (C=O) groups is 1. The zero-order chi connectivity index (χ0) is 17.1. The Morgan fingerprint density at radius 3 is 2.62 bits per heavy atom. The second kappa shape index (κ2) is 7.19. The number of aromatic nitrogens is 1. The molecule has 0 radical (unpaired) electrons. The predicted octanol–water partition coefficient (Wildman–Crippen LogP) is 2.55. The molecule has 1 aliphatic rings. The van der Waals surface area contributed by atoms with Gasteiger partial charge in [-0.2, -0.15) is 0 Å². The molecule has 1 saturated heterocycles. The third-order valence-electron chi connectivity index (χ3n) is 4.06. The largest absolute Gasteiger partial charge is 0.507 e. The van der Waals surface area contributed by atoms with Gasteiger partial charge in [0, 0.05) is 30.7 Å². The van der Waals surface area contributed by atoms with Crippen molar-refractivity contribution < 1.29 is 9.90 Å². The molecule has 7 heteroatoms. The standard InChI is InChI=1S/C17H19BrN4O2/c1-21-6-8-22(9-7-21)13-3-5-16(19-11-13)20-17(24)14-10-12(18)2-4-15(14)23/h2-5,10-11,23H,6-9H2,1H3,(H,19,20,24). The normalized spacial score (nSPS) is 15.3. The van der Waals surface area contributed by atoms with Crippen LogP contribution in [-0.4, -0.2) is 54.1 Å². The molecular formula is C17H19BrN4O2. The Balaban J connectivity index is 1.68. The number of rotatable bonds is 3. The number of aromatic hydroxyl groups is 1. The highest BCUT2D eigenvalue weighted by atomic mass is 79.9. The number of carbonyl (C=O) groups excluding carboxylic acids is 1. The van der Waals surface area contributed by atoms with Gasteiger partial charge in [-0.05, 0) is 37.4 Å². The van der Waals surface area contributed by atoms with Gasteiger partial charge >= 0.3 is 0 Å². The van der Waals surface area contributed by atoms with Crippen LogP contribution < -0.4 is 10.2 Å². The summed E-state index contributed by atoms with van der Waals surface area (Å²) in [6, 6.07) is 8.46. The quantitative estimate of drug-likeness (QED) is 0.842. The number of likely N-dealkylation sites (N-methyl/N-ethyl adjacent to an activating group) is 1. The molecule has 2 heterocycles. The average Bonchev–Trinajstić information content (AvgIpc) is 2.58. The van der Waals surface area contributed by atoms with E-state index in [1.165, 1.54) is 6.07 Å². The van der Waals surface area contributed by atoms with Crippen LogP contribution in [0.1, 0.15) is 10.4 Å². The van der Waals surface area contributed by atoms with Crippen LogP contribution in [0.2, 0.25) is 0 Å². The lowest BCUT2D eigenvalue weighted by molar-refractivity contribution is 0.102. The molecule has 2 aromatic rings. The molecule has 3 rings (SSSR count). The second-order valence-electron chi connectivity index (χ2n) is 5.81. The van der Waals surface area contributed by atoms with E-state index in [1.54, 1.807) is 24.4 Å². The first-order valence-electron chi connectivity index (χ1n) is 7.72. The summed E-state index contributed by atoms with van der Waals surface area (Å²) < 4.78 is 0.726. The molecule has 1 aliphatic heterocycles. The Hall–Kier alpha value is -2.12. The van der Waals surface area contributed by atoms with E-state index < -0.39 is 5.91 Å². The van der Waals surface area contributed by atoms with E-state index in [-0.39, 0.29) is 11.3 Å². The van der Waals surface area contributed by atoms with Crippen molar-refractivity contribution in [3.8, 4) is 5.75 Å². The summed E-state index contributed by atoms with van der Waals surface area (Å²) in [4.78, 5) is 21.1. The van der Waals surface area contributed by atoms with Crippen LogP contribution in [0.15, 0.2) is 41.0 Å². The van der Waals surface area contributed by atoms with E-state index in [0.717, 1.165) is 36.3 Å². The number of hydrogen-bond donors (Lipinski definition) is 2. The van der Waals surface area contributed by atoms with Crippen molar-refractivity contribution in [2.24, 2.45) is 0 Å². The van der Waals surface area contributed by atoms with E-state index >= 15 is 0 Å². The lowest BCUT2D eigenvalue weighted by atomic mass is 10.2. The number of nitrogens with zero attached hydrogens (tertiary/aromatic N) is 3. The maximum atomic E-state index is 12.3. The summed E-state index contributed by atoms with van der Waals surface area (Å²) in [5, 5.41) is 12.5. The molecule has 126 valence electrons. The lowest BCUT2D eigenvalue weighted by Crippen LogP contribution is -2.44. The molecule has 0 saturated carbocycles. The zero-order valence-corrected chi connectivity index (χ0v) is 15.0. The van der Waals surface area contributed by atoms with Gasteiger partial charge in [0.1, 0.15) is 11.6 Å². The van der Waals surface area contributed by atoms with Crippen LogP contribution in [0, 0.1) is 0 Å². The monoisotopic (exact) mass is 390 g/mol. The topological polar surface area (TPSA) is 68.7 Å². The minimum Gasteiger partial charge on any atom is -0.507 e. The molecule has 0 bridgehead atoms. The molecule has 2 N–H and O–H groups in total. The van der Waals surface area contributed by atoms with Gasteiger partial charge in [0.05, 0.1) is 17.4 Å². The number of pyridine rings is 1. The lowest BCUT2D eigenvalue weighted by Gasteiger charge is -2.33. The van der Waals surface area contributed by atoms with E-state index in [9.17, 15) is 9.90 Å². The third-order valence-corrected chi connectivity index (χ3v) is 4.55. The van der Waals surface area contributed by atoms with Crippen LogP contribution in [-0.2, 0) is 0 Å². The number of halogens is 1. The van der Waals surface area contributed by atoms with Crippen molar-refractivity contribution in [3.05, 3.63) is 46.6 Å². The predicted molar refractivity (Wildman–Crippen MR) is 97.7 cm³/mol. The van der Waals surface area contributed by atoms with Crippen molar-refractivity contribution in [2.75, 3.05) is 43.4 Å². The number of phenolic OH excluding ortho intramolecular Hbond substituents is 1. The van der Waals surface area contributed by atoms with Crippen molar-refractivity contribution >= 4 is 33.3 Å². The molecule has 0 spiro atoms. The number of piperazine rings is 1. The Labute approximate surface area is 149 Å². The van der Waals surface area contributed by atoms with Crippen molar-refractivity contribution in [1.82, 2.24) is 9.88 Å². The Morgan fingerprint density at radius 2 is 1.96 bits per heavy atom. The first kappa shape index (κ1) is 16.7. The summed E-state index contributed by atoms with van der Waals surface area (Å²) >= 11 is 3.29. The third kappa shape index (κ3) is 3.85. The minimum atomic E-state index is -0.395. The number of hydrogen-bond acceptors (Lipinski definition) is 5. The number of anilines is 2. The second-order valence-corrected chi connectivity index (χ2v) is 6.72. The highest BCUT2D eigenvalue weighted by Crippen LogP contribution is 2.23. The summed E-state index contributed by atoms with van der Waals surface area (Å²) in [5.41, 5.74) is 1.25. The van der Waals surface area contributed by atoms with Gasteiger partial charge in [-0.3, -0.25) is 4.79 Å². The molecule has 6 nitrogen and oxygen atoms in total. The summed E-state index contributed by atoms with van der Waals surface area (Å²) in [5.74, 6) is -0.00402. The van der Waals surface area contributed by atoms with Crippen LogP contribution in [0.25, 0.3) is 0 Å². The van der Waals surface area contributed by atoms with Crippen molar-refractivity contribution in [2.45, 2.75) is 0 Å². The zero-order valence-electron chi connectivity index (χ0n) is 13.4. The molecule has 0 aliphatic carbocycles. The molecule has 0 unspecified atom stereocenters.